The average molecular weight is 485 g/mol. The molecule has 0 aliphatic heterocycles. The van der Waals surface area contributed by atoms with E-state index in [9.17, 15) is 9.13 Å². The van der Waals surface area contributed by atoms with Crippen molar-refractivity contribution in [2.75, 3.05) is 0 Å². The van der Waals surface area contributed by atoms with Gasteiger partial charge in [0, 0.05) is 24.6 Å². The van der Waals surface area contributed by atoms with Crippen LogP contribution in [0.2, 0.25) is 0 Å². The molecular formula is C30H30O2P2. The fourth-order valence-electron chi connectivity index (χ4n) is 4.14. The van der Waals surface area contributed by atoms with E-state index in [0.29, 0.717) is 24.6 Å². The van der Waals surface area contributed by atoms with E-state index in [1.54, 1.807) is 11.6 Å². The summed E-state index contributed by atoms with van der Waals surface area (Å²) in [5.41, 5.74) is 4.14. The van der Waals surface area contributed by atoms with Gasteiger partial charge < -0.3 is 9.13 Å². The van der Waals surface area contributed by atoms with Gasteiger partial charge >= 0.3 is 0 Å². The van der Waals surface area contributed by atoms with E-state index >= 15 is 0 Å². The summed E-state index contributed by atoms with van der Waals surface area (Å²) in [5.74, 6) is 3.61. The maximum absolute atomic E-state index is 14.3. The second-order valence-corrected chi connectivity index (χ2v) is 14.4. The van der Waals surface area contributed by atoms with Crippen LogP contribution in [-0.2, 0) is 33.8 Å². The van der Waals surface area contributed by atoms with Crippen molar-refractivity contribution in [3.05, 3.63) is 155 Å². The number of benzene rings is 4. The van der Waals surface area contributed by atoms with Crippen molar-refractivity contribution in [2.45, 2.75) is 24.6 Å². The van der Waals surface area contributed by atoms with E-state index in [0.717, 1.165) is 22.3 Å². The van der Waals surface area contributed by atoms with E-state index in [-0.39, 0.29) is 0 Å². The molecule has 2 nitrogen and oxygen atoms in total. The van der Waals surface area contributed by atoms with Gasteiger partial charge in [0.2, 0.25) is 0 Å². The lowest BCUT2D eigenvalue weighted by Crippen LogP contribution is -1.94. The summed E-state index contributed by atoms with van der Waals surface area (Å²) in [6.07, 6.45) is 1.82. The SMILES string of the molecule is O=P(/C=C/P(=O)(Cc1ccccc1)Cc1ccccc1)(Cc1ccccc1)Cc1ccccc1. The first kappa shape index (κ1) is 24.2. The van der Waals surface area contributed by atoms with Crippen molar-refractivity contribution < 1.29 is 9.13 Å². The minimum absolute atomic E-state index is 0.454. The molecule has 0 aromatic heterocycles. The van der Waals surface area contributed by atoms with Crippen molar-refractivity contribution in [3.63, 3.8) is 0 Å². The van der Waals surface area contributed by atoms with E-state index in [1.165, 1.54) is 0 Å². The van der Waals surface area contributed by atoms with Crippen LogP contribution >= 0.6 is 14.3 Å². The van der Waals surface area contributed by atoms with E-state index in [4.69, 9.17) is 0 Å². The molecule has 172 valence electrons. The fourth-order valence-corrected chi connectivity index (χ4v) is 10.0. The Kier molecular flexibility index (Phi) is 8.17. The standard InChI is InChI=1S/C30H30O2P2/c31-33(23-27-13-5-1-6-14-27,24-28-15-7-2-8-16-28)21-22-34(32,25-29-17-9-3-10-18-29)26-30-19-11-4-12-20-30/h1-22H,23-26H2/b22-21+. The largest absolute Gasteiger partial charge is 0.319 e. The molecule has 4 heteroatoms. The lowest BCUT2D eigenvalue weighted by Gasteiger charge is -2.19. The Morgan fingerprint density at radius 1 is 0.382 bits per heavy atom. The van der Waals surface area contributed by atoms with E-state index in [1.807, 2.05) is 121 Å². The zero-order chi connectivity index (χ0) is 23.7. The maximum Gasteiger partial charge on any atom is 0.117 e. The van der Waals surface area contributed by atoms with Gasteiger partial charge in [-0.1, -0.05) is 121 Å². The van der Waals surface area contributed by atoms with Crippen LogP contribution in [0.5, 0.6) is 0 Å². The second kappa shape index (κ2) is 11.5. The third-order valence-corrected chi connectivity index (χ3v) is 11.0. The van der Waals surface area contributed by atoms with Crippen LogP contribution in [0.3, 0.4) is 0 Å². The monoisotopic (exact) mass is 484 g/mol. The van der Waals surface area contributed by atoms with Crippen LogP contribution in [0.15, 0.2) is 133 Å². The highest BCUT2D eigenvalue weighted by Crippen LogP contribution is 2.60. The van der Waals surface area contributed by atoms with Gasteiger partial charge in [-0.2, -0.15) is 0 Å². The van der Waals surface area contributed by atoms with E-state index in [2.05, 4.69) is 0 Å². The molecule has 0 fully saturated rings. The van der Waals surface area contributed by atoms with E-state index < -0.39 is 14.3 Å². The highest BCUT2D eigenvalue weighted by atomic mass is 31.2. The summed E-state index contributed by atoms with van der Waals surface area (Å²) in [4.78, 5) is 0. The molecule has 34 heavy (non-hydrogen) atoms. The van der Waals surface area contributed by atoms with Crippen LogP contribution in [0.4, 0.5) is 0 Å². The molecule has 0 unspecified atom stereocenters. The first-order valence-corrected chi connectivity index (χ1v) is 15.8. The van der Waals surface area contributed by atoms with Crippen molar-refractivity contribution in [1.82, 2.24) is 0 Å². The van der Waals surface area contributed by atoms with Crippen molar-refractivity contribution in [3.8, 4) is 0 Å². The average Bonchev–Trinajstić information content (AvgIpc) is 2.85. The summed E-state index contributed by atoms with van der Waals surface area (Å²) in [5, 5.41) is 0. The molecule has 0 amide bonds. The number of hydrogen-bond acceptors (Lipinski definition) is 2. The smallest absolute Gasteiger partial charge is 0.117 e. The molecule has 0 saturated carbocycles. The molecule has 4 aromatic rings. The Morgan fingerprint density at radius 3 is 0.794 bits per heavy atom. The predicted octanol–water partition coefficient (Wildman–Crippen LogP) is 8.98. The van der Waals surface area contributed by atoms with Crippen LogP contribution < -0.4 is 0 Å². The molecule has 0 bridgehead atoms. The molecule has 4 rings (SSSR count). The Hall–Kier alpha value is -2.92. The predicted molar refractivity (Wildman–Crippen MR) is 145 cm³/mol. The summed E-state index contributed by atoms with van der Waals surface area (Å²) in [6, 6.07) is 39.8. The second-order valence-electron chi connectivity index (χ2n) is 8.78. The summed E-state index contributed by atoms with van der Waals surface area (Å²) < 4.78 is 28.6. The summed E-state index contributed by atoms with van der Waals surface area (Å²) in [6.45, 7) is 0. The molecule has 0 spiro atoms. The fraction of sp³-hybridized carbons (Fsp3) is 0.133. The van der Waals surface area contributed by atoms with Gasteiger partial charge in [0.1, 0.15) is 14.3 Å². The van der Waals surface area contributed by atoms with Gasteiger partial charge in [-0.25, -0.2) is 0 Å². The quantitative estimate of drug-likeness (QED) is 0.211. The third-order valence-electron chi connectivity index (χ3n) is 5.78. The molecule has 4 aromatic carbocycles. The summed E-state index contributed by atoms with van der Waals surface area (Å²) >= 11 is 0. The van der Waals surface area contributed by atoms with Crippen LogP contribution in [0.25, 0.3) is 0 Å². The minimum atomic E-state index is -2.82. The van der Waals surface area contributed by atoms with Gasteiger partial charge in [-0.05, 0) is 33.9 Å². The van der Waals surface area contributed by atoms with Crippen molar-refractivity contribution >= 4 is 14.3 Å². The molecule has 0 radical (unpaired) electrons. The summed E-state index contributed by atoms with van der Waals surface area (Å²) in [7, 11) is -5.64. The lowest BCUT2D eigenvalue weighted by atomic mass is 10.2. The lowest BCUT2D eigenvalue weighted by molar-refractivity contribution is 0.576. The topological polar surface area (TPSA) is 34.1 Å². The van der Waals surface area contributed by atoms with Gasteiger partial charge in [0.15, 0.2) is 0 Å². The van der Waals surface area contributed by atoms with Crippen LogP contribution in [-0.4, -0.2) is 0 Å². The van der Waals surface area contributed by atoms with Crippen molar-refractivity contribution in [2.24, 2.45) is 0 Å². The molecule has 0 N–H and O–H groups in total. The molecule has 0 heterocycles. The first-order valence-electron chi connectivity index (χ1n) is 11.5. The molecule has 0 atom stereocenters. The maximum atomic E-state index is 14.3. The zero-order valence-corrected chi connectivity index (χ0v) is 21.0. The normalized spacial score (nSPS) is 12.1. The Balaban J connectivity index is 1.68. The van der Waals surface area contributed by atoms with Crippen molar-refractivity contribution in [1.29, 1.82) is 0 Å². The molecule has 0 aliphatic rings. The minimum Gasteiger partial charge on any atom is -0.319 e. The molecule has 0 aliphatic carbocycles. The first-order chi connectivity index (χ1) is 16.5. The van der Waals surface area contributed by atoms with Gasteiger partial charge in [0.25, 0.3) is 0 Å². The van der Waals surface area contributed by atoms with Gasteiger partial charge in [-0.3, -0.25) is 0 Å². The Morgan fingerprint density at radius 2 is 0.588 bits per heavy atom. The van der Waals surface area contributed by atoms with Gasteiger partial charge in [0.05, 0.1) is 0 Å². The number of rotatable bonds is 10. The molecule has 0 saturated heterocycles. The Labute approximate surface area is 203 Å². The third kappa shape index (κ3) is 7.29. The zero-order valence-electron chi connectivity index (χ0n) is 19.2. The van der Waals surface area contributed by atoms with Crippen LogP contribution in [0.1, 0.15) is 22.3 Å². The van der Waals surface area contributed by atoms with Gasteiger partial charge in [-0.15, -0.1) is 0 Å². The highest BCUT2D eigenvalue weighted by molar-refractivity contribution is 7.69. The Bertz CT molecular complexity index is 1090. The number of hydrogen-bond donors (Lipinski definition) is 0. The molecular weight excluding hydrogens is 454 g/mol. The highest BCUT2D eigenvalue weighted by Gasteiger charge is 2.25. The van der Waals surface area contributed by atoms with Crippen LogP contribution in [0, 0.1) is 0 Å².